The highest BCUT2D eigenvalue weighted by Gasteiger charge is 2.26. The van der Waals surface area contributed by atoms with Crippen molar-refractivity contribution in [2.75, 3.05) is 5.75 Å². The van der Waals surface area contributed by atoms with E-state index < -0.39 is 10.0 Å². The van der Waals surface area contributed by atoms with Gasteiger partial charge in [-0.25, -0.2) is 8.42 Å². The molecule has 0 aromatic heterocycles. The van der Waals surface area contributed by atoms with Gasteiger partial charge >= 0.3 is 0 Å². The van der Waals surface area contributed by atoms with Gasteiger partial charge in [-0.05, 0) is 29.6 Å². The van der Waals surface area contributed by atoms with Crippen LogP contribution in [0.25, 0.3) is 0 Å². The second-order valence-corrected chi connectivity index (χ2v) is 7.27. The molecular weight excluding hydrogens is 260 g/mol. The fourth-order valence-electron chi connectivity index (χ4n) is 2.35. The van der Waals surface area contributed by atoms with Gasteiger partial charge < -0.3 is 0 Å². The zero-order chi connectivity index (χ0) is 14.0. The first-order valence-electron chi connectivity index (χ1n) is 6.52. The summed E-state index contributed by atoms with van der Waals surface area (Å²) in [6.45, 7) is 5.89. The van der Waals surface area contributed by atoms with E-state index in [0.717, 1.165) is 5.57 Å². The van der Waals surface area contributed by atoms with E-state index in [1.165, 1.54) is 0 Å². The molecule has 0 saturated carbocycles. The summed E-state index contributed by atoms with van der Waals surface area (Å²) in [4.78, 5) is 4.14. The molecule has 2 rings (SSSR count). The van der Waals surface area contributed by atoms with Crippen LogP contribution in [-0.2, 0) is 10.0 Å². The molecule has 1 heterocycles. The third-order valence-corrected chi connectivity index (χ3v) is 4.84. The van der Waals surface area contributed by atoms with E-state index in [2.05, 4.69) is 16.6 Å². The molecule has 2 unspecified atom stereocenters. The lowest BCUT2D eigenvalue weighted by Gasteiger charge is -2.27. The Bertz CT molecular complexity index is 568. The molecule has 4 nitrogen and oxygen atoms in total. The second kappa shape index (κ2) is 5.33. The first-order valence-corrected chi connectivity index (χ1v) is 8.17. The highest BCUT2D eigenvalue weighted by molar-refractivity contribution is 7.89. The lowest BCUT2D eigenvalue weighted by Crippen LogP contribution is -2.31. The smallest absolute Gasteiger partial charge is 0.232 e. The summed E-state index contributed by atoms with van der Waals surface area (Å²) in [6.07, 6.45) is 9.34. The Balaban J connectivity index is 2.27. The van der Waals surface area contributed by atoms with Crippen LogP contribution in [0.15, 0.2) is 40.7 Å². The molecule has 1 aliphatic heterocycles. The second-order valence-electron chi connectivity index (χ2n) is 5.50. The fraction of sp³-hybridized carbons (Fsp3) is 0.500. The Morgan fingerprint density at radius 1 is 1.37 bits per heavy atom. The number of hydrogen-bond acceptors (Lipinski definition) is 3. The van der Waals surface area contributed by atoms with Gasteiger partial charge in [-0.15, -0.1) is 0 Å². The molecule has 2 atom stereocenters. The lowest BCUT2D eigenvalue weighted by molar-refractivity contribution is 0.571. The van der Waals surface area contributed by atoms with Crippen molar-refractivity contribution < 1.29 is 8.42 Å². The van der Waals surface area contributed by atoms with Crippen LogP contribution in [0.3, 0.4) is 0 Å². The van der Waals surface area contributed by atoms with Gasteiger partial charge in [0.25, 0.3) is 0 Å². The predicted molar refractivity (Wildman–Crippen MR) is 78.2 cm³/mol. The van der Waals surface area contributed by atoms with E-state index in [0.29, 0.717) is 11.6 Å². The first-order chi connectivity index (χ1) is 8.89. The van der Waals surface area contributed by atoms with Crippen molar-refractivity contribution in [2.45, 2.75) is 20.8 Å². The monoisotopic (exact) mass is 280 g/mol. The molecule has 0 spiro atoms. The summed E-state index contributed by atoms with van der Waals surface area (Å²) >= 11 is 0. The predicted octanol–water partition coefficient (Wildman–Crippen LogP) is 2.24. The molecule has 0 radical (unpaired) electrons. The average Bonchev–Trinajstić information content (AvgIpc) is 2.31. The topological polar surface area (TPSA) is 58.5 Å². The lowest BCUT2D eigenvalue weighted by atomic mass is 9.82. The zero-order valence-electron chi connectivity index (χ0n) is 11.5. The maximum Gasteiger partial charge on any atom is 0.232 e. The van der Waals surface area contributed by atoms with Crippen molar-refractivity contribution >= 4 is 16.2 Å². The van der Waals surface area contributed by atoms with Crippen molar-refractivity contribution in [1.82, 2.24) is 4.72 Å². The minimum Gasteiger partial charge on any atom is -0.283 e. The summed E-state index contributed by atoms with van der Waals surface area (Å²) in [6, 6.07) is 0. The van der Waals surface area contributed by atoms with E-state index in [1.54, 1.807) is 6.20 Å². The summed E-state index contributed by atoms with van der Waals surface area (Å²) in [5.41, 5.74) is 1.67. The number of hydrogen-bond donors (Lipinski definition) is 1. The molecule has 0 aromatic rings. The van der Waals surface area contributed by atoms with Gasteiger partial charge in [0.1, 0.15) is 0 Å². The molecule has 1 N–H and O–H groups in total. The Labute approximate surface area is 115 Å². The van der Waals surface area contributed by atoms with Gasteiger partial charge in [-0.2, -0.15) is 0 Å². The summed E-state index contributed by atoms with van der Waals surface area (Å²) in [5, 5.41) is 0. The molecule has 1 aliphatic carbocycles. The number of aliphatic imine (C=N–C) groups is 1. The number of nitrogens with one attached hydrogen (secondary N) is 1. The highest BCUT2D eigenvalue weighted by Crippen LogP contribution is 2.30. The van der Waals surface area contributed by atoms with Crippen LogP contribution in [0, 0.1) is 17.8 Å². The summed E-state index contributed by atoms with van der Waals surface area (Å²) in [7, 11) is -3.29. The molecule has 0 aromatic carbocycles. The standard InChI is InChI=1S/C14H20N2O2S/c1-10(2)9-19(17,18)16-14-5-4-11(3)13-8-15-7-6-12(13)14/h4-8,10-11,13,16H,9H2,1-3H3. The van der Waals surface area contributed by atoms with Crippen molar-refractivity contribution in [3.8, 4) is 0 Å². The molecule has 2 aliphatic rings. The SMILES string of the molecule is CC(C)CS(=O)(=O)NC1=C2C=CN=CC2C(C)C=C1. The van der Waals surface area contributed by atoms with Crippen LogP contribution in [0.4, 0.5) is 0 Å². The summed E-state index contributed by atoms with van der Waals surface area (Å²) < 4.78 is 26.8. The minimum absolute atomic E-state index is 0.105. The van der Waals surface area contributed by atoms with E-state index in [-0.39, 0.29) is 17.6 Å². The fourth-order valence-corrected chi connectivity index (χ4v) is 3.83. The van der Waals surface area contributed by atoms with Crippen molar-refractivity contribution in [3.63, 3.8) is 0 Å². The van der Waals surface area contributed by atoms with Gasteiger partial charge in [-0.3, -0.25) is 9.71 Å². The van der Waals surface area contributed by atoms with Gasteiger partial charge in [-0.1, -0.05) is 26.8 Å². The third kappa shape index (κ3) is 3.35. The van der Waals surface area contributed by atoms with Crippen molar-refractivity contribution in [1.29, 1.82) is 0 Å². The number of sulfonamides is 1. The van der Waals surface area contributed by atoms with E-state index in [9.17, 15) is 8.42 Å². The van der Waals surface area contributed by atoms with Gasteiger partial charge in [0.15, 0.2) is 0 Å². The largest absolute Gasteiger partial charge is 0.283 e. The highest BCUT2D eigenvalue weighted by atomic mass is 32.2. The Morgan fingerprint density at radius 2 is 2.11 bits per heavy atom. The normalized spacial score (nSPS) is 25.9. The van der Waals surface area contributed by atoms with E-state index >= 15 is 0 Å². The zero-order valence-corrected chi connectivity index (χ0v) is 12.3. The molecular formula is C14H20N2O2S. The molecule has 0 fully saturated rings. The Morgan fingerprint density at radius 3 is 2.79 bits per heavy atom. The molecule has 19 heavy (non-hydrogen) atoms. The molecule has 5 heteroatoms. The van der Waals surface area contributed by atoms with Crippen LogP contribution in [0.2, 0.25) is 0 Å². The number of nitrogens with zero attached hydrogens (tertiary/aromatic N) is 1. The number of allylic oxidation sites excluding steroid dienone is 4. The first kappa shape index (κ1) is 14.1. The maximum atomic E-state index is 12.0. The summed E-state index contributed by atoms with van der Waals surface area (Å²) in [5.74, 6) is 0.734. The Hall–Kier alpha value is -1.36. The van der Waals surface area contributed by atoms with Gasteiger partial charge in [0, 0.05) is 18.3 Å². The molecule has 0 saturated heterocycles. The van der Waals surface area contributed by atoms with Crippen LogP contribution < -0.4 is 4.72 Å². The molecule has 0 amide bonds. The Kier molecular flexibility index (Phi) is 3.94. The minimum atomic E-state index is -3.29. The average molecular weight is 280 g/mol. The molecule has 104 valence electrons. The van der Waals surface area contributed by atoms with Crippen LogP contribution in [0.5, 0.6) is 0 Å². The van der Waals surface area contributed by atoms with E-state index in [4.69, 9.17) is 0 Å². The van der Waals surface area contributed by atoms with Crippen LogP contribution in [0.1, 0.15) is 20.8 Å². The number of fused-ring (bicyclic) bond motifs is 1. The van der Waals surface area contributed by atoms with E-state index in [1.807, 2.05) is 38.3 Å². The molecule has 0 bridgehead atoms. The quantitative estimate of drug-likeness (QED) is 0.858. The van der Waals surface area contributed by atoms with Gasteiger partial charge in [0.05, 0.1) is 11.4 Å². The number of rotatable bonds is 4. The van der Waals surface area contributed by atoms with Crippen LogP contribution >= 0.6 is 0 Å². The third-order valence-electron chi connectivity index (χ3n) is 3.21. The van der Waals surface area contributed by atoms with Crippen molar-refractivity contribution in [2.24, 2.45) is 22.7 Å². The van der Waals surface area contributed by atoms with Crippen LogP contribution in [-0.4, -0.2) is 20.4 Å². The van der Waals surface area contributed by atoms with Crippen molar-refractivity contribution in [3.05, 3.63) is 35.7 Å². The maximum absolute atomic E-state index is 12.0. The van der Waals surface area contributed by atoms with Gasteiger partial charge in [0.2, 0.25) is 10.0 Å².